The molecule has 5 rings (SSSR count). The van der Waals surface area contributed by atoms with Gasteiger partial charge >= 0.3 is 0 Å². The van der Waals surface area contributed by atoms with Crippen LogP contribution in [0.5, 0.6) is 5.75 Å². The molecule has 4 aromatic rings. The molecule has 1 aliphatic rings. The van der Waals surface area contributed by atoms with Gasteiger partial charge in [0.25, 0.3) is 11.8 Å². The van der Waals surface area contributed by atoms with E-state index in [4.69, 9.17) is 14.9 Å². The van der Waals surface area contributed by atoms with Gasteiger partial charge in [-0.2, -0.15) is 0 Å². The highest BCUT2D eigenvalue weighted by Gasteiger charge is 2.29. The molecule has 1 aliphatic heterocycles. The molecule has 2 aromatic heterocycles. The minimum absolute atomic E-state index is 0.113. The predicted molar refractivity (Wildman–Crippen MR) is 130 cm³/mol. The molecule has 1 saturated heterocycles. The lowest BCUT2D eigenvalue weighted by molar-refractivity contribution is 0.414. The van der Waals surface area contributed by atoms with Gasteiger partial charge in [0, 0.05) is 12.1 Å². The van der Waals surface area contributed by atoms with Crippen molar-refractivity contribution in [2.45, 2.75) is 23.0 Å². The third kappa shape index (κ3) is 4.47. The van der Waals surface area contributed by atoms with Crippen LogP contribution in [0.2, 0.25) is 0 Å². The van der Waals surface area contributed by atoms with E-state index < -0.39 is 15.1 Å². The number of piperidine rings is 1. The first-order valence-electron chi connectivity index (χ1n) is 11.1. The summed E-state index contributed by atoms with van der Waals surface area (Å²) in [4.78, 5) is 9.09. The minimum Gasteiger partial charge on any atom is -0.496 e. The number of nitrogens with one attached hydrogen (secondary N) is 1. The fourth-order valence-corrected chi connectivity index (χ4v) is 5.75. The van der Waals surface area contributed by atoms with Crippen LogP contribution in [0, 0.1) is 0 Å². The second kappa shape index (κ2) is 9.43. The van der Waals surface area contributed by atoms with E-state index in [1.807, 2.05) is 12.1 Å². The smallest absolute Gasteiger partial charge is 0.270 e. The quantitative estimate of drug-likeness (QED) is 0.412. The number of rotatable bonds is 6. The van der Waals surface area contributed by atoms with Gasteiger partial charge in [-0.3, -0.25) is 0 Å². The second-order valence-corrected chi connectivity index (χ2v) is 10.4. The van der Waals surface area contributed by atoms with Crippen LogP contribution in [0.4, 0.5) is 5.82 Å². The van der Waals surface area contributed by atoms with Crippen molar-refractivity contribution < 1.29 is 17.6 Å². The number of hydrogen-bond acceptors (Lipinski definition) is 10. The van der Waals surface area contributed by atoms with Gasteiger partial charge in [-0.1, -0.05) is 24.3 Å². The van der Waals surface area contributed by atoms with E-state index >= 15 is 0 Å². The average molecular weight is 493 g/mol. The number of anilines is 1. The summed E-state index contributed by atoms with van der Waals surface area (Å²) >= 11 is 0. The number of ether oxygens (including phenoxy) is 1. The van der Waals surface area contributed by atoms with Crippen LogP contribution < -0.4 is 15.8 Å². The van der Waals surface area contributed by atoms with Crippen molar-refractivity contribution in [2.75, 3.05) is 25.9 Å². The Hall–Kier alpha value is -3.83. The summed E-state index contributed by atoms with van der Waals surface area (Å²) in [6.07, 6.45) is 3.02. The number of sulfone groups is 1. The number of hydrogen-bond donors (Lipinski definition) is 2. The molecule has 1 fully saturated rings. The molecule has 0 aliphatic carbocycles. The van der Waals surface area contributed by atoms with Crippen LogP contribution in [0.3, 0.4) is 0 Å². The minimum atomic E-state index is -3.41. The van der Waals surface area contributed by atoms with E-state index in [1.54, 1.807) is 43.5 Å². The maximum atomic E-state index is 13.0. The van der Waals surface area contributed by atoms with Crippen LogP contribution >= 0.6 is 0 Å². The Balaban J connectivity index is 1.44. The molecule has 0 bridgehead atoms. The first-order valence-corrected chi connectivity index (χ1v) is 12.7. The zero-order chi connectivity index (χ0) is 24.4. The summed E-state index contributed by atoms with van der Waals surface area (Å²) in [5.41, 5.74) is 8.11. The van der Waals surface area contributed by atoms with Gasteiger partial charge in [-0.15, -0.1) is 10.2 Å². The zero-order valence-electron chi connectivity index (χ0n) is 19.0. The normalized spacial score (nSPS) is 16.2. The molecule has 1 unspecified atom stereocenters. The fourth-order valence-electron chi connectivity index (χ4n) is 4.04. The van der Waals surface area contributed by atoms with E-state index in [2.05, 4.69) is 25.5 Å². The molecule has 35 heavy (non-hydrogen) atoms. The number of aromatic nitrogens is 4. The van der Waals surface area contributed by atoms with E-state index in [1.165, 1.54) is 6.20 Å². The van der Waals surface area contributed by atoms with E-state index in [9.17, 15) is 8.42 Å². The molecule has 0 spiro atoms. The molecule has 3 heterocycles. The first-order chi connectivity index (χ1) is 17.0. The highest BCUT2D eigenvalue weighted by molar-refractivity contribution is 7.92. The van der Waals surface area contributed by atoms with Gasteiger partial charge in [0.15, 0.2) is 21.3 Å². The Morgan fingerprint density at radius 1 is 1.09 bits per heavy atom. The number of para-hydroxylation sites is 1. The molecule has 0 amide bonds. The highest BCUT2D eigenvalue weighted by Crippen LogP contribution is 2.32. The monoisotopic (exact) mass is 492 g/mol. The van der Waals surface area contributed by atoms with Crippen molar-refractivity contribution in [3.8, 4) is 40.0 Å². The summed E-state index contributed by atoms with van der Waals surface area (Å²) in [6.45, 7) is 1.32. The lowest BCUT2D eigenvalue weighted by Crippen LogP contribution is -2.38. The molecule has 10 nitrogen and oxygen atoms in total. The van der Waals surface area contributed by atoms with Crippen LogP contribution in [0.25, 0.3) is 34.3 Å². The fraction of sp³-hybridized carbons (Fsp3) is 0.250. The topological polar surface area (TPSA) is 146 Å². The standard InChI is InChI=1S/C24H24N6O4S/c1-33-20-7-3-2-6-18(20)23-29-30-24(34-23)21-22(25)27-14-19(28-21)15-8-10-16(11-9-15)35(31,32)17-5-4-12-26-13-17/h2-3,6-11,14,17,26H,4-5,12-13H2,1H3,(H2,25,27). The maximum Gasteiger partial charge on any atom is 0.270 e. The number of methoxy groups -OCH3 is 1. The third-order valence-electron chi connectivity index (χ3n) is 5.93. The summed E-state index contributed by atoms with van der Waals surface area (Å²) in [7, 11) is -1.85. The second-order valence-electron chi connectivity index (χ2n) is 8.14. The molecule has 0 radical (unpaired) electrons. The first kappa shape index (κ1) is 22.9. The third-order valence-corrected chi connectivity index (χ3v) is 8.14. The Labute approximate surface area is 202 Å². The van der Waals surface area contributed by atoms with Crippen LogP contribution in [0.1, 0.15) is 12.8 Å². The lowest BCUT2D eigenvalue weighted by Gasteiger charge is -2.22. The lowest BCUT2D eigenvalue weighted by atomic mass is 10.1. The summed E-state index contributed by atoms with van der Waals surface area (Å²) in [5, 5.41) is 10.9. The summed E-state index contributed by atoms with van der Waals surface area (Å²) < 4.78 is 37.1. The molecule has 3 N–H and O–H groups in total. The molecule has 0 saturated carbocycles. The van der Waals surface area contributed by atoms with Crippen molar-refractivity contribution in [1.82, 2.24) is 25.5 Å². The SMILES string of the molecule is COc1ccccc1-c1nnc(-c2nc(-c3ccc(S(=O)(=O)C4CCCNC4)cc3)cnc2N)o1. The Kier molecular flexibility index (Phi) is 6.18. The van der Waals surface area contributed by atoms with Crippen LogP contribution in [-0.4, -0.2) is 54.0 Å². The summed E-state index contributed by atoms with van der Waals surface area (Å²) in [5.74, 6) is 1.10. The van der Waals surface area contributed by atoms with Crippen molar-refractivity contribution in [1.29, 1.82) is 0 Å². The van der Waals surface area contributed by atoms with Crippen LogP contribution in [0.15, 0.2) is 64.0 Å². The van der Waals surface area contributed by atoms with Gasteiger partial charge in [-0.05, 0) is 43.7 Å². The van der Waals surface area contributed by atoms with E-state index in [0.29, 0.717) is 35.5 Å². The van der Waals surface area contributed by atoms with Crippen molar-refractivity contribution in [2.24, 2.45) is 0 Å². The largest absolute Gasteiger partial charge is 0.496 e. The van der Waals surface area contributed by atoms with Gasteiger partial charge in [0.05, 0.1) is 34.7 Å². The van der Waals surface area contributed by atoms with Gasteiger partial charge in [-0.25, -0.2) is 18.4 Å². The molecular formula is C24H24N6O4S. The number of nitrogen functional groups attached to an aromatic ring is 1. The number of nitrogens with two attached hydrogens (primary N) is 1. The van der Waals surface area contributed by atoms with Crippen LogP contribution in [-0.2, 0) is 9.84 Å². The Morgan fingerprint density at radius 2 is 1.86 bits per heavy atom. The van der Waals surface area contributed by atoms with E-state index in [-0.39, 0.29) is 28.2 Å². The number of nitrogens with zero attached hydrogens (tertiary/aromatic N) is 4. The molecular weight excluding hydrogens is 468 g/mol. The Morgan fingerprint density at radius 3 is 2.60 bits per heavy atom. The number of benzene rings is 2. The molecule has 2 aromatic carbocycles. The van der Waals surface area contributed by atoms with Gasteiger partial charge in [0.2, 0.25) is 0 Å². The van der Waals surface area contributed by atoms with Gasteiger partial charge in [0.1, 0.15) is 5.75 Å². The molecule has 11 heteroatoms. The molecule has 1 atom stereocenters. The average Bonchev–Trinajstić information content (AvgIpc) is 3.39. The zero-order valence-corrected chi connectivity index (χ0v) is 19.8. The molecule has 180 valence electrons. The highest BCUT2D eigenvalue weighted by atomic mass is 32.2. The van der Waals surface area contributed by atoms with Crippen molar-refractivity contribution >= 4 is 15.7 Å². The maximum absolute atomic E-state index is 13.0. The van der Waals surface area contributed by atoms with Crippen molar-refractivity contribution in [3.63, 3.8) is 0 Å². The van der Waals surface area contributed by atoms with Gasteiger partial charge < -0.3 is 20.2 Å². The predicted octanol–water partition coefficient (Wildman–Crippen LogP) is 2.98. The Bertz CT molecular complexity index is 1450. The van der Waals surface area contributed by atoms with E-state index in [0.717, 1.165) is 13.0 Å². The summed E-state index contributed by atoms with van der Waals surface area (Å²) in [6, 6.07) is 13.9. The van der Waals surface area contributed by atoms with Crippen molar-refractivity contribution in [3.05, 3.63) is 54.7 Å².